The fourth-order valence-corrected chi connectivity index (χ4v) is 1.70. The lowest BCUT2D eigenvalue weighted by Gasteiger charge is -2.07. The number of anilines is 1. The van der Waals surface area contributed by atoms with E-state index in [0.29, 0.717) is 11.3 Å². The van der Waals surface area contributed by atoms with Crippen LogP contribution in [-0.2, 0) is 4.74 Å². The van der Waals surface area contributed by atoms with Crippen molar-refractivity contribution >= 4 is 5.69 Å². The third kappa shape index (κ3) is 4.34. The van der Waals surface area contributed by atoms with Gasteiger partial charge < -0.3 is 10.1 Å². The second-order valence-corrected chi connectivity index (χ2v) is 4.64. The lowest BCUT2D eigenvalue weighted by Crippen LogP contribution is -2.07. The van der Waals surface area contributed by atoms with E-state index in [4.69, 9.17) is 10.00 Å². The van der Waals surface area contributed by atoms with Crippen molar-refractivity contribution < 1.29 is 9.13 Å². The summed E-state index contributed by atoms with van der Waals surface area (Å²) in [5, 5.41) is 11.8. The predicted molar refractivity (Wildman–Crippen MR) is 67.8 cm³/mol. The summed E-state index contributed by atoms with van der Waals surface area (Å²) in [6, 6.07) is 6.20. The molecule has 1 aliphatic carbocycles. The Kier molecular flexibility index (Phi) is 4.54. The van der Waals surface area contributed by atoms with E-state index < -0.39 is 0 Å². The molecule has 0 bridgehead atoms. The molecule has 0 aromatic heterocycles. The standard InChI is InChI=1S/C14H17FN2O/c15-13-6-12(9-16)7-14(8-13)17-4-1-5-18-10-11-2-3-11/h6-8,11,17H,1-5,10H2. The van der Waals surface area contributed by atoms with Crippen LogP contribution in [0, 0.1) is 23.1 Å². The molecule has 1 N–H and O–H groups in total. The lowest BCUT2D eigenvalue weighted by molar-refractivity contribution is 0.124. The number of nitrogens with one attached hydrogen (secondary N) is 1. The van der Waals surface area contributed by atoms with Crippen molar-refractivity contribution in [2.75, 3.05) is 25.1 Å². The van der Waals surface area contributed by atoms with E-state index in [1.807, 2.05) is 6.07 Å². The Morgan fingerprint density at radius 3 is 2.94 bits per heavy atom. The predicted octanol–water partition coefficient (Wildman–Crippen LogP) is 2.93. The van der Waals surface area contributed by atoms with Crippen LogP contribution in [0.3, 0.4) is 0 Å². The van der Waals surface area contributed by atoms with Crippen LogP contribution in [0.25, 0.3) is 0 Å². The van der Waals surface area contributed by atoms with Gasteiger partial charge in [-0.15, -0.1) is 0 Å². The van der Waals surface area contributed by atoms with Crippen LogP contribution in [0.1, 0.15) is 24.8 Å². The molecule has 18 heavy (non-hydrogen) atoms. The van der Waals surface area contributed by atoms with Crippen LogP contribution in [0.5, 0.6) is 0 Å². The van der Waals surface area contributed by atoms with Crippen LogP contribution in [-0.4, -0.2) is 19.8 Å². The fourth-order valence-electron chi connectivity index (χ4n) is 1.70. The highest BCUT2D eigenvalue weighted by atomic mass is 19.1. The Balaban J connectivity index is 1.65. The van der Waals surface area contributed by atoms with E-state index in [9.17, 15) is 4.39 Å². The summed E-state index contributed by atoms with van der Waals surface area (Å²) in [4.78, 5) is 0. The van der Waals surface area contributed by atoms with Crippen LogP contribution in [0.4, 0.5) is 10.1 Å². The van der Waals surface area contributed by atoms with Crippen molar-refractivity contribution in [3.05, 3.63) is 29.6 Å². The summed E-state index contributed by atoms with van der Waals surface area (Å²) in [7, 11) is 0. The van der Waals surface area contributed by atoms with Crippen molar-refractivity contribution in [2.24, 2.45) is 5.92 Å². The molecule has 0 spiro atoms. The minimum Gasteiger partial charge on any atom is -0.385 e. The second-order valence-electron chi connectivity index (χ2n) is 4.64. The van der Waals surface area contributed by atoms with Crippen LogP contribution >= 0.6 is 0 Å². The lowest BCUT2D eigenvalue weighted by atomic mass is 10.2. The van der Waals surface area contributed by atoms with Crippen LogP contribution in [0.15, 0.2) is 18.2 Å². The molecule has 0 unspecified atom stereocenters. The SMILES string of the molecule is N#Cc1cc(F)cc(NCCCOCC2CC2)c1. The van der Waals surface area contributed by atoms with E-state index in [1.165, 1.54) is 25.0 Å². The highest BCUT2D eigenvalue weighted by Crippen LogP contribution is 2.28. The van der Waals surface area contributed by atoms with E-state index in [1.54, 1.807) is 6.07 Å². The first kappa shape index (κ1) is 12.8. The molecule has 0 atom stereocenters. The third-order valence-corrected chi connectivity index (χ3v) is 2.87. The summed E-state index contributed by atoms with van der Waals surface area (Å²) >= 11 is 0. The molecule has 0 amide bonds. The number of hydrogen-bond acceptors (Lipinski definition) is 3. The van der Waals surface area contributed by atoms with Gasteiger partial charge in [-0.25, -0.2) is 4.39 Å². The summed E-state index contributed by atoms with van der Waals surface area (Å²) in [5.41, 5.74) is 0.983. The first-order valence-electron chi connectivity index (χ1n) is 6.30. The molecular weight excluding hydrogens is 231 g/mol. The molecule has 1 aliphatic rings. The van der Waals surface area contributed by atoms with E-state index >= 15 is 0 Å². The number of ether oxygens (including phenoxy) is 1. The molecule has 0 heterocycles. The van der Waals surface area contributed by atoms with E-state index in [0.717, 1.165) is 32.1 Å². The number of halogens is 1. The molecule has 1 saturated carbocycles. The summed E-state index contributed by atoms with van der Waals surface area (Å²) < 4.78 is 18.6. The van der Waals surface area contributed by atoms with Gasteiger partial charge in [0.15, 0.2) is 0 Å². The van der Waals surface area contributed by atoms with Crippen LogP contribution < -0.4 is 5.32 Å². The smallest absolute Gasteiger partial charge is 0.126 e. The molecule has 1 fully saturated rings. The molecule has 1 aromatic carbocycles. The number of hydrogen-bond donors (Lipinski definition) is 1. The molecule has 0 radical (unpaired) electrons. The van der Waals surface area contributed by atoms with Gasteiger partial charge in [-0.1, -0.05) is 0 Å². The van der Waals surface area contributed by atoms with Crippen molar-refractivity contribution in [3.8, 4) is 6.07 Å². The van der Waals surface area contributed by atoms with Gasteiger partial charge in [-0.3, -0.25) is 0 Å². The van der Waals surface area contributed by atoms with Crippen molar-refractivity contribution in [3.63, 3.8) is 0 Å². The maximum absolute atomic E-state index is 13.1. The van der Waals surface area contributed by atoms with Gasteiger partial charge in [-0.05, 0) is 43.4 Å². The van der Waals surface area contributed by atoms with Gasteiger partial charge in [-0.2, -0.15) is 5.26 Å². The highest BCUT2D eigenvalue weighted by molar-refractivity contribution is 5.49. The Hall–Kier alpha value is -1.60. The normalized spacial score (nSPS) is 14.2. The fraction of sp³-hybridized carbons (Fsp3) is 0.500. The Labute approximate surface area is 107 Å². The van der Waals surface area contributed by atoms with Gasteiger partial charge in [0.1, 0.15) is 5.82 Å². The second kappa shape index (κ2) is 6.36. The maximum Gasteiger partial charge on any atom is 0.126 e. The number of nitriles is 1. The molecule has 4 heteroatoms. The molecule has 2 rings (SSSR count). The van der Waals surface area contributed by atoms with Crippen molar-refractivity contribution in [1.82, 2.24) is 0 Å². The molecular formula is C14H17FN2O. The molecule has 3 nitrogen and oxygen atoms in total. The van der Waals surface area contributed by atoms with Gasteiger partial charge in [0, 0.05) is 25.4 Å². The Bertz CT molecular complexity index is 438. The zero-order chi connectivity index (χ0) is 12.8. The largest absolute Gasteiger partial charge is 0.385 e. The highest BCUT2D eigenvalue weighted by Gasteiger charge is 2.20. The van der Waals surface area contributed by atoms with Gasteiger partial charge in [0.2, 0.25) is 0 Å². The van der Waals surface area contributed by atoms with Crippen LogP contribution in [0.2, 0.25) is 0 Å². The summed E-state index contributed by atoms with van der Waals surface area (Å²) in [6.07, 6.45) is 3.49. The van der Waals surface area contributed by atoms with Crippen molar-refractivity contribution in [2.45, 2.75) is 19.3 Å². The number of nitrogens with zero attached hydrogens (tertiary/aromatic N) is 1. The number of benzene rings is 1. The zero-order valence-electron chi connectivity index (χ0n) is 10.3. The minimum absolute atomic E-state index is 0.336. The maximum atomic E-state index is 13.1. The van der Waals surface area contributed by atoms with Crippen molar-refractivity contribution in [1.29, 1.82) is 5.26 Å². The average molecular weight is 248 g/mol. The van der Waals surface area contributed by atoms with Gasteiger partial charge in [0.25, 0.3) is 0 Å². The van der Waals surface area contributed by atoms with E-state index in [2.05, 4.69) is 5.32 Å². The first-order chi connectivity index (χ1) is 8.78. The quantitative estimate of drug-likeness (QED) is 0.754. The molecule has 0 aliphatic heterocycles. The minimum atomic E-state index is -0.387. The first-order valence-corrected chi connectivity index (χ1v) is 6.30. The van der Waals surface area contributed by atoms with E-state index in [-0.39, 0.29) is 5.82 Å². The summed E-state index contributed by atoms with van der Waals surface area (Å²) in [6.45, 7) is 2.32. The molecule has 0 saturated heterocycles. The third-order valence-electron chi connectivity index (χ3n) is 2.87. The van der Waals surface area contributed by atoms with Gasteiger partial charge in [0.05, 0.1) is 11.6 Å². The zero-order valence-corrected chi connectivity index (χ0v) is 10.3. The Morgan fingerprint density at radius 1 is 1.39 bits per heavy atom. The Morgan fingerprint density at radius 2 is 2.22 bits per heavy atom. The van der Waals surface area contributed by atoms with Gasteiger partial charge >= 0.3 is 0 Å². The average Bonchev–Trinajstić information content (AvgIpc) is 3.17. The monoisotopic (exact) mass is 248 g/mol. The summed E-state index contributed by atoms with van der Waals surface area (Å²) in [5.74, 6) is 0.404. The molecule has 96 valence electrons. The number of rotatable bonds is 7. The molecule has 1 aromatic rings. The topological polar surface area (TPSA) is 45.0 Å².